The van der Waals surface area contributed by atoms with Gasteiger partial charge in [0, 0.05) is 41.7 Å². The first-order chi connectivity index (χ1) is 17.8. The number of hydrogen-bond donors (Lipinski definition) is 2. The summed E-state index contributed by atoms with van der Waals surface area (Å²) >= 11 is 0. The fourth-order valence-corrected chi connectivity index (χ4v) is 5.25. The van der Waals surface area contributed by atoms with Crippen LogP contribution in [0.4, 0.5) is 0 Å². The SMILES string of the molecule is CC(=O)OC1C2=C(C3=C(C(=O)c4c(O)cccc4C3=O)C2N=[N-])C(O)C(OC(C)=O)C1(C)OC(=O)C(C)C. The van der Waals surface area contributed by atoms with E-state index in [1.165, 1.54) is 39.0 Å². The first-order valence-electron chi connectivity index (χ1n) is 11.8. The van der Waals surface area contributed by atoms with E-state index >= 15 is 0 Å². The van der Waals surface area contributed by atoms with Gasteiger partial charge in [-0.2, -0.15) is 0 Å². The molecule has 0 radical (unpaired) electrons. The lowest BCUT2D eigenvalue weighted by Crippen LogP contribution is -2.64. The Balaban J connectivity index is 2.02. The number of phenolic OH excluding ortho intramolecular Hbond substituents is 1. The summed E-state index contributed by atoms with van der Waals surface area (Å²) in [7, 11) is 0. The van der Waals surface area contributed by atoms with Crippen LogP contribution in [-0.2, 0) is 28.6 Å². The highest BCUT2D eigenvalue weighted by atomic mass is 16.6. The summed E-state index contributed by atoms with van der Waals surface area (Å²) in [5, 5.41) is 25.2. The largest absolute Gasteiger partial charge is 0.711 e. The lowest BCUT2D eigenvalue weighted by molar-refractivity contribution is -0.220. The van der Waals surface area contributed by atoms with E-state index in [0.29, 0.717) is 0 Å². The molecule has 0 saturated heterocycles. The summed E-state index contributed by atoms with van der Waals surface area (Å²) < 4.78 is 16.6. The average Bonchev–Trinajstić information content (AvgIpc) is 3.18. The highest BCUT2D eigenvalue weighted by Gasteiger charge is 2.63. The molecule has 0 amide bonds. The van der Waals surface area contributed by atoms with Crippen molar-refractivity contribution >= 4 is 29.5 Å². The van der Waals surface area contributed by atoms with E-state index in [1.807, 2.05) is 0 Å². The second-order valence-electron chi connectivity index (χ2n) is 9.76. The molecule has 0 heterocycles. The van der Waals surface area contributed by atoms with Gasteiger partial charge in [0.2, 0.25) is 0 Å². The highest BCUT2D eigenvalue weighted by Crippen LogP contribution is 2.52. The standard InChI is InChI=1S/C26H25N2O10/c1-9(2)25(35)38-26(5)23(36-10(3)29)18-16(22(34)24(26)37-11(4)30)15-17(19(18)28-27)21(33)14-12(20(15)32)7-6-8-13(14)31/h6-9,19,22-24,31,34H,1-5H3/q-1. The van der Waals surface area contributed by atoms with Crippen LogP contribution in [0.5, 0.6) is 5.75 Å². The topological polar surface area (TPSA) is 188 Å². The Morgan fingerprint density at radius 1 is 1.05 bits per heavy atom. The number of Topliss-reactive ketones (excluding diaryl/α,β-unsaturated/α-hetero) is 2. The number of rotatable bonds is 5. The predicted octanol–water partition coefficient (Wildman–Crippen LogP) is 1.96. The molecule has 3 aliphatic carbocycles. The number of esters is 3. The Morgan fingerprint density at radius 2 is 1.68 bits per heavy atom. The summed E-state index contributed by atoms with van der Waals surface area (Å²) in [4.78, 5) is 64.3. The number of hydrogen-bond acceptors (Lipinski definition) is 11. The first-order valence-corrected chi connectivity index (χ1v) is 11.8. The van der Waals surface area contributed by atoms with Crippen LogP contribution in [0.15, 0.2) is 45.6 Å². The van der Waals surface area contributed by atoms with Crippen molar-refractivity contribution in [1.29, 1.82) is 0 Å². The van der Waals surface area contributed by atoms with Gasteiger partial charge in [-0.05, 0) is 13.0 Å². The molecular weight excluding hydrogens is 500 g/mol. The third-order valence-corrected chi connectivity index (χ3v) is 6.84. The third-order valence-electron chi connectivity index (χ3n) is 6.84. The van der Waals surface area contributed by atoms with Crippen LogP contribution in [-0.4, -0.2) is 69.6 Å². The Kier molecular flexibility index (Phi) is 6.56. The molecule has 5 atom stereocenters. The minimum absolute atomic E-state index is 0.168. The summed E-state index contributed by atoms with van der Waals surface area (Å²) in [5.41, 5.74) is 6.32. The van der Waals surface area contributed by atoms with Gasteiger partial charge in [-0.1, -0.05) is 26.0 Å². The van der Waals surface area contributed by atoms with Crippen molar-refractivity contribution in [1.82, 2.24) is 0 Å². The Morgan fingerprint density at radius 3 is 2.24 bits per heavy atom. The van der Waals surface area contributed by atoms with Crippen LogP contribution in [0.1, 0.15) is 55.3 Å². The summed E-state index contributed by atoms with van der Waals surface area (Å²) in [6.07, 6.45) is -5.24. The van der Waals surface area contributed by atoms with E-state index in [-0.39, 0.29) is 33.4 Å². The number of ether oxygens (including phenoxy) is 3. The third kappa shape index (κ3) is 3.83. The summed E-state index contributed by atoms with van der Waals surface area (Å²) in [6.45, 7) is 6.41. The summed E-state index contributed by atoms with van der Waals surface area (Å²) in [6, 6.07) is 2.23. The molecule has 200 valence electrons. The molecule has 0 fully saturated rings. The molecule has 12 heteroatoms. The molecule has 5 unspecified atom stereocenters. The van der Waals surface area contributed by atoms with Crippen molar-refractivity contribution in [2.45, 2.75) is 64.6 Å². The molecule has 2 N–H and O–H groups in total. The minimum Gasteiger partial charge on any atom is -0.711 e. The van der Waals surface area contributed by atoms with E-state index in [4.69, 9.17) is 14.2 Å². The summed E-state index contributed by atoms with van der Waals surface area (Å²) in [5.74, 6) is -5.38. The Bertz CT molecular complexity index is 1370. The van der Waals surface area contributed by atoms with Gasteiger partial charge in [0.15, 0.2) is 29.4 Å². The van der Waals surface area contributed by atoms with Crippen molar-refractivity contribution in [2.24, 2.45) is 11.0 Å². The zero-order valence-electron chi connectivity index (χ0n) is 21.2. The molecule has 0 bridgehead atoms. The van der Waals surface area contributed by atoms with Gasteiger partial charge < -0.3 is 35.1 Å². The normalized spacial score (nSPS) is 28.0. The number of aliphatic hydroxyl groups is 1. The van der Waals surface area contributed by atoms with Gasteiger partial charge >= 0.3 is 17.9 Å². The second-order valence-corrected chi connectivity index (χ2v) is 9.76. The maximum absolute atomic E-state index is 13.7. The maximum atomic E-state index is 13.7. The number of fused-ring (bicyclic) bond motifs is 2. The van der Waals surface area contributed by atoms with E-state index in [1.54, 1.807) is 0 Å². The molecule has 0 aromatic heterocycles. The van der Waals surface area contributed by atoms with Gasteiger partial charge in [0.1, 0.15) is 11.9 Å². The number of aliphatic hydroxyl groups excluding tert-OH is 1. The quantitative estimate of drug-likeness (QED) is 0.327. The molecule has 3 aliphatic rings. The number of nitrogens with zero attached hydrogens (tertiary/aromatic N) is 2. The predicted molar refractivity (Wildman–Crippen MR) is 127 cm³/mol. The van der Waals surface area contributed by atoms with Gasteiger partial charge in [0.05, 0.1) is 17.5 Å². The molecule has 0 spiro atoms. The Hall–Kier alpha value is -4.19. The van der Waals surface area contributed by atoms with E-state index in [2.05, 4.69) is 5.11 Å². The van der Waals surface area contributed by atoms with Crippen molar-refractivity contribution in [3.05, 3.63) is 57.1 Å². The van der Waals surface area contributed by atoms with E-state index in [9.17, 15) is 39.7 Å². The number of phenols is 1. The number of carbonyl (C=O) groups excluding carboxylic acids is 5. The zero-order chi connectivity index (χ0) is 28.3. The Labute approximate surface area is 216 Å². The van der Waals surface area contributed by atoms with Crippen molar-refractivity contribution in [3.8, 4) is 5.75 Å². The highest BCUT2D eigenvalue weighted by molar-refractivity contribution is 6.31. The van der Waals surface area contributed by atoms with Crippen LogP contribution >= 0.6 is 0 Å². The van der Waals surface area contributed by atoms with Gasteiger partial charge in [-0.15, -0.1) is 0 Å². The second kappa shape index (κ2) is 9.28. The van der Waals surface area contributed by atoms with Gasteiger partial charge in [-0.25, -0.2) is 0 Å². The smallest absolute Gasteiger partial charge is 0.309 e. The van der Waals surface area contributed by atoms with Crippen LogP contribution in [0.3, 0.4) is 0 Å². The van der Waals surface area contributed by atoms with Crippen molar-refractivity contribution in [2.75, 3.05) is 0 Å². The first kappa shape index (κ1) is 26.9. The van der Waals surface area contributed by atoms with Crippen LogP contribution in [0, 0.1) is 5.92 Å². The molecule has 12 nitrogen and oxygen atoms in total. The lowest BCUT2D eigenvalue weighted by Gasteiger charge is -2.48. The number of ketones is 2. The van der Waals surface area contributed by atoms with E-state index < -0.39 is 71.1 Å². The van der Waals surface area contributed by atoms with Gasteiger partial charge in [-0.3, -0.25) is 24.0 Å². The van der Waals surface area contributed by atoms with Crippen LogP contribution in [0.2, 0.25) is 0 Å². The molecule has 38 heavy (non-hydrogen) atoms. The monoisotopic (exact) mass is 525 g/mol. The number of benzene rings is 1. The van der Waals surface area contributed by atoms with Crippen molar-refractivity contribution in [3.63, 3.8) is 0 Å². The molecule has 0 aliphatic heterocycles. The average molecular weight is 525 g/mol. The molecule has 1 aromatic carbocycles. The van der Waals surface area contributed by atoms with Crippen LogP contribution in [0.25, 0.3) is 5.53 Å². The molecule has 0 saturated carbocycles. The molecule has 1 aromatic rings. The minimum atomic E-state index is -2.07. The zero-order valence-corrected chi connectivity index (χ0v) is 21.2. The van der Waals surface area contributed by atoms with E-state index in [0.717, 1.165) is 13.8 Å². The lowest BCUT2D eigenvalue weighted by atomic mass is 9.73. The van der Waals surface area contributed by atoms with Gasteiger partial charge in [0.25, 0.3) is 0 Å². The fourth-order valence-electron chi connectivity index (χ4n) is 5.25. The number of aromatic hydroxyl groups is 1. The molecule has 4 rings (SSSR count). The van der Waals surface area contributed by atoms with Crippen molar-refractivity contribution < 1.29 is 48.4 Å². The fraction of sp³-hybridized carbons (Fsp3) is 0.423. The van der Waals surface area contributed by atoms with Crippen LogP contribution < -0.4 is 0 Å². The number of carbonyl (C=O) groups is 5. The molecular formula is C26H25N2O10-. The maximum Gasteiger partial charge on any atom is 0.309 e.